The van der Waals surface area contributed by atoms with Gasteiger partial charge in [-0.25, -0.2) is 0 Å². The lowest BCUT2D eigenvalue weighted by Crippen LogP contribution is -1.88. The minimum absolute atomic E-state index is 0. The molecule has 0 aliphatic carbocycles. The molecule has 0 saturated carbocycles. The van der Waals surface area contributed by atoms with Crippen molar-refractivity contribution < 1.29 is 0 Å². The normalized spacial score (nSPS) is 8.88. The number of hydrogen-bond acceptors (Lipinski definition) is 3. The second-order valence-corrected chi connectivity index (χ2v) is 9.98. The Morgan fingerprint density at radius 3 is 1.02 bits per heavy atom. The van der Waals surface area contributed by atoms with E-state index in [1.165, 1.54) is 16.7 Å². The van der Waals surface area contributed by atoms with Crippen LogP contribution in [0.1, 0.15) is 101 Å². The largest absolute Gasteiger partial charge is 0.344 e. The number of hydrogen-bond donors (Lipinski definition) is 1. The van der Waals surface area contributed by atoms with Crippen molar-refractivity contribution in [2.24, 2.45) is 0 Å². The van der Waals surface area contributed by atoms with Gasteiger partial charge in [-0.2, -0.15) is 0 Å². The zero-order valence-electron chi connectivity index (χ0n) is 26.6. The summed E-state index contributed by atoms with van der Waals surface area (Å²) in [6.45, 7) is 17.4. The molecule has 212 valence electrons. The highest BCUT2D eigenvalue weighted by atomic mass is 14.7. The molecule has 0 spiro atoms. The molecular formula is C34H49B4N3. The van der Waals surface area contributed by atoms with Gasteiger partial charge in [0.2, 0.25) is 0 Å². The second-order valence-electron chi connectivity index (χ2n) is 9.98. The summed E-state index contributed by atoms with van der Waals surface area (Å²) in [6.07, 6.45) is 5.53. The summed E-state index contributed by atoms with van der Waals surface area (Å²) in [5, 5.41) is 0. The van der Waals surface area contributed by atoms with E-state index in [9.17, 15) is 0 Å². The molecule has 0 unspecified atom stereocenters. The Kier molecular flexibility index (Phi) is 33.2. The summed E-state index contributed by atoms with van der Waals surface area (Å²) in [5.74, 6) is 2.46. The van der Waals surface area contributed by atoms with E-state index in [4.69, 9.17) is 0 Å². The Morgan fingerprint density at radius 1 is 0.415 bits per heavy atom. The van der Waals surface area contributed by atoms with Crippen molar-refractivity contribution in [2.75, 3.05) is 0 Å². The molecule has 2 heterocycles. The van der Waals surface area contributed by atoms with Crippen LogP contribution in [0.5, 0.6) is 0 Å². The van der Waals surface area contributed by atoms with Crippen LogP contribution in [-0.2, 0) is 0 Å². The van der Waals surface area contributed by atoms with Crippen molar-refractivity contribution in [1.82, 2.24) is 16.1 Å². The lowest BCUT2D eigenvalue weighted by atomic mass is 10.0. The van der Waals surface area contributed by atoms with Gasteiger partial charge < -0.3 is 6.15 Å². The smallest absolute Gasteiger partial charge is 0.0428 e. The van der Waals surface area contributed by atoms with Crippen molar-refractivity contribution in [3.8, 4) is 0 Å². The molecule has 0 bridgehead atoms. The van der Waals surface area contributed by atoms with Gasteiger partial charge >= 0.3 is 0 Å². The van der Waals surface area contributed by atoms with Gasteiger partial charge in [-0.15, -0.1) is 0 Å². The minimum Gasteiger partial charge on any atom is -0.344 e. The van der Waals surface area contributed by atoms with Gasteiger partial charge in [-0.1, -0.05) is 128 Å². The van der Waals surface area contributed by atoms with Crippen molar-refractivity contribution >= 4 is 33.7 Å². The van der Waals surface area contributed by atoms with Crippen LogP contribution in [0.25, 0.3) is 0 Å². The molecule has 0 fully saturated rings. The first-order valence-electron chi connectivity index (χ1n) is 13.1. The average Bonchev–Trinajstić information content (AvgIpc) is 2.92. The number of aromatic nitrogens is 2. The second kappa shape index (κ2) is 28.5. The summed E-state index contributed by atoms with van der Waals surface area (Å²) in [4.78, 5) is 8.18. The van der Waals surface area contributed by atoms with E-state index in [-0.39, 0.29) is 39.8 Å². The Morgan fingerprint density at radius 2 is 0.805 bits per heavy atom. The van der Waals surface area contributed by atoms with Crippen molar-refractivity contribution in [3.05, 3.63) is 132 Å². The molecule has 3 N–H and O–H groups in total. The minimum atomic E-state index is 0. The zero-order chi connectivity index (χ0) is 26.8. The summed E-state index contributed by atoms with van der Waals surface area (Å²) in [7, 11) is 0. The Labute approximate surface area is 260 Å². The fourth-order valence-electron chi connectivity index (χ4n) is 3.11. The highest BCUT2D eigenvalue weighted by Gasteiger charge is 1.96. The lowest BCUT2D eigenvalue weighted by Gasteiger charge is -2.01. The molecule has 0 aliphatic heterocycles. The highest BCUT2D eigenvalue weighted by molar-refractivity contribution is 5.76. The van der Waals surface area contributed by atoms with Gasteiger partial charge in [-0.3, -0.25) is 9.97 Å². The van der Waals surface area contributed by atoms with Gasteiger partial charge in [0.1, 0.15) is 0 Å². The maximum Gasteiger partial charge on any atom is 0.0428 e. The lowest BCUT2D eigenvalue weighted by molar-refractivity contribution is 0.823. The van der Waals surface area contributed by atoms with Gasteiger partial charge in [0.25, 0.3) is 0 Å². The molecular weight excluding hydrogens is 494 g/mol. The van der Waals surface area contributed by atoms with Crippen LogP contribution in [-0.4, -0.2) is 43.6 Å². The molecule has 0 amide bonds. The third kappa shape index (κ3) is 22.3. The van der Waals surface area contributed by atoms with E-state index < -0.39 is 0 Å². The van der Waals surface area contributed by atoms with E-state index >= 15 is 0 Å². The van der Waals surface area contributed by atoms with Gasteiger partial charge in [0.05, 0.1) is 0 Å². The van der Waals surface area contributed by atoms with E-state index in [1.54, 1.807) is 6.20 Å². The van der Waals surface area contributed by atoms with Crippen molar-refractivity contribution in [2.45, 2.75) is 79.1 Å². The topological polar surface area (TPSA) is 60.8 Å². The van der Waals surface area contributed by atoms with Gasteiger partial charge in [0, 0.05) is 57.9 Å². The maximum atomic E-state index is 4.18. The highest BCUT2D eigenvalue weighted by Crippen LogP contribution is 2.13. The summed E-state index contributed by atoms with van der Waals surface area (Å²) in [6, 6.07) is 31.1. The van der Waals surface area contributed by atoms with E-state index in [0.29, 0.717) is 23.7 Å². The molecule has 3 nitrogen and oxygen atoms in total. The average molecular weight is 543 g/mol. The maximum absolute atomic E-state index is 4.18. The van der Waals surface area contributed by atoms with Crippen LogP contribution in [0.15, 0.2) is 110 Å². The Bertz CT molecular complexity index is 859. The monoisotopic (exact) mass is 543 g/mol. The summed E-state index contributed by atoms with van der Waals surface area (Å²) in [5.41, 5.74) is 5.30. The Balaban J connectivity index is -0.000000135. The third-order valence-electron chi connectivity index (χ3n) is 5.56. The first-order chi connectivity index (χ1) is 17.2. The van der Waals surface area contributed by atoms with E-state index in [2.05, 4.69) is 120 Å². The summed E-state index contributed by atoms with van der Waals surface area (Å²) >= 11 is 0. The molecule has 4 aromatic rings. The van der Waals surface area contributed by atoms with E-state index in [1.807, 2.05) is 48.8 Å². The third-order valence-corrected chi connectivity index (χ3v) is 5.56. The summed E-state index contributed by atoms with van der Waals surface area (Å²) < 4.78 is 0. The standard InChI is InChI=1S/2C9H12.2C8H11N.4B.H3N/c2*1-8(2)9-6-4-3-5-7-9;1-7(2)8-4-3-5-9-6-8;1-7(2)8-5-3-4-6-9-8;;;;;/h2*3-8H,1-2H3;2*3-7H,1-2H3;;;;;1H3. The predicted molar refractivity (Wildman–Crippen MR) is 186 cm³/mol. The van der Waals surface area contributed by atoms with Gasteiger partial charge in [0.15, 0.2) is 0 Å². The quantitative estimate of drug-likeness (QED) is 0.262. The molecule has 2 aromatic carbocycles. The fourth-order valence-corrected chi connectivity index (χ4v) is 3.11. The van der Waals surface area contributed by atoms with Crippen molar-refractivity contribution in [1.29, 1.82) is 0 Å². The molecule has 12 radical (unpaired) electrons. The van der Waals surface area contributed by atoms with E-state index in [0.717, 1.165) is 5.69 Å². The van der Waals surface area contributed by atoms with Crippen LogP contribution in [0.2, 0.25) is 0 Å². The number of pyridine rings is 2. The first kappa shape index (κ1) is 47.7. The van der Waals surface area contributed by atoms with Crippen LogP contribution >= 0.6 is 0 Å². The number of benzene rings is 2. The van der Waals surface area contributed by atoms with Crippen LogP contribution in [0.3, 0.4) is 0 Å². The molecule has 7 heteroatoms. The molecule has 0 atom stereocenters. The number of nitrogens with zero attached hydrogens (tertiary/aromatic N) is 2. The van der Waals surface area contributed by atoms with Crippen LogP contribution < -0.4 is 6.15 Å². The first-order valence-corrected chi connectivity index (χ1v) is 13.1. The Hall–Kier alpha value is -3.04. The zero-order valence-corrected chi connectivity index (χ0v) is 26.6. The van der Waals surface area contributed by atoms with Gasteiger partial charge in [-0.05, 0) is 58.6 Å². The molecule has 41 heavy (non-hydrogen) atoms. The fraction of sp³-hybridized carbons (Fsp3) is 0.353. The predicted octanol–water partition coefficient (Wildman–Crippen LogP) is 8.67. The SMILES string of the molecule is CC(C)c1ccccc1.CC(C)c1ccccc1.CC(C)c1ccccn1.CC(C)c1cccnc1.N.[B].[B].[B].[B]. The molecule has 4 rings (SSSR count). The molecule has 0 aliphatic rings. The van der Waals surface area contributed by atoms with Crippen molar-refractivity contribution in [3.63, 3.8) is 0 Å². The molecule has 2 aromatic heterocycles. The van der Waals surface area contributed by atoms with Crippen LogP contribution in [0, 0.1) is 0 Å². The molecule has 0 saturated heterocycles. The number of rotatable bonds is 4. The van der Waals surface area contributed by atoms with Crippen LogP contribution in [0.4, 0.5) is 0 Å².